The number of fused-ring (bicyclic) bond motifs is 3. The van der Waals surface area contributed by atoms with Crippen molar-refractivity contribution in [3.05, 3.63) is 52.5 Å². The first-order chi connectivity index (χ1) is 15.0. The van der Waals surface area contributed by atoms with Crippen LogP contribution in [0.15, 0.2) is 41.8 Å². The molecule has 3 heterocycles. The monoisotopic (exact) mass is 455 g/mol. The number of nitrogens with zero attached hydrogens (tertiary/aromatic N) is 2. The summed E-state index contributed by atoms with van der Waals surface area (Å²) in [6, 6.07) is 11.3. The Labute approximate surface area is 191 Å². The molecule has 0 bridgehead atoms. The fourth-order valence-corrected chi connectivity index (χ4v) is 6.00. The van der Waals surface area contributed by atoms with Gasteiger partial charge in [0.1, 0.15) is 11.2 Å². The summed E-state index contributed by atoms with van der Waals surface area (Å²) in [4.78, 5) is 29.2. The van der Waals surface area contributed by atoms with Crippen molar-refractivity contribution in [2.75, 3.05) is 4.90 Å². The molecular formula is C24H26ClN3O2S. The van der Waals surface area contributed by atoms with Gasteiger partial charge in [0.2, 0.25) is 5.91 Å². The zero-order valence-electron chi connectivity index (χ0n) is 17.6. The van der Waals surface area contributed by atoms with E-state index in [-0.39, 0.29) is 17.9 Å². The van der Waals surface area contributed by atoms with Gasteiger partial charge in [-0.15, -0.1) is 11.3 Å². The first-order valence-corrected chi connectivity index (χ1v) is 12.2. The van der Waals surface area contributed by atoms with Gasteiger partial charge in [0.25, 0.3) is 5.91 Å². The van der Waals surface area contributed by atoms with Gasteiger partial charge in [-0.05, 0) is 55.5 Å². The van der Waals surface area contributed by atoms with Crippen molar-refractivity contribution in [3.63, 3.8) is 0 Å². The van der Waals surface area contributed by atoms with E-state index >= 15 is 0 Å². The maximum Gasteiger partial charge on any atom is 0.275 e. The molecule has 1 N–H and O–H groups in total. The van der Waals surface area contributed by atoms with Crippen molar-refractivity contribution in [1.82, 2.24) is 9.88 Å². The van der Waals surface area contributed by atoms with E-state index in [1.807, 2.05) is 41.1 Å². The molecule has 2 aliphatic rings. The van der Waals surface area contributed by atoms with Gasteiger partial charge in [-0.1, -0.05) is 43.4 Å². The molecular weight excluding hydrogens is 430 g/mol. The molecule has 0 radical (unpaired) electrons. The van der Waals surface area contributed by atoms with Crippen LogP contribution in [0.3, 0.4) is 0 Å². The topological polar surface area (TPSA) is 54.3 Å². The Morgan fingerprint density at radius 2 is 1.94 bits per heavy atom. The van der Waals surface area contributed by atoms with Crippen LogP contribution < -0.4 is 10.2 Å². The summed E-state index contributed by atoms with van der Waals surface area (Å²) in [6.07, 6.45) is 6.71. The third kappa shape index (κ3) is 3.56. The van der Waals surface area contributed by atoms with Crippen LogP contribution in [-0.4, -0.2) is 28.0 Å². The lowest BCUT2D eigenvalue weighted by atomic mass is 9.92. The molecule has 0 unspecified atom stereocenters. The average molecular weight is 456 g/mol. The third-order valence-corrected chi connectivity index (χ3v) is 7.74. The second-order valence-electron chi connectivity index (χ2n) is 8.84. The number of amides is 2. The lowest BCUT2D eigenvalue weighted by Crippen LogP contribution is -2.65. The summed E-state index contributed by atoms with van der Waals surface area (Å²) >= 11 is 7.87. The quantitative estimate of drug-likeness (QED) is 0.521. The van der Waals surface area contributed by atoms with Crippen LogP contribution in [0, 0.1) is 0 Å². The summed E-state index contributed by atoms with van der Waals surface area (Å²) in [5.41, 5.74) is 1.20. The van der Waals surface area contributed by atoms with E-state index in [2.05, 4.69) is 5.32 Å². The van der Waals surface area contributed by atoms with Crippen LogP contribution in [0.5, 0.6) is 0 Å². The highest BCUT2D eigenvalue weighted by atomic mass is 35.5. The van der Waals surface area contributed by atoms with Gasteiger partial charge in [0.05, 0.1) is 16.8 Å². The van der Waals surface area contributed by atoms with E-state index in [0.717, 1.165) is 35.9 Å². The predicted molar refractivity (Wildman–Crippen MR) is 126 cm³/mol. The van der Waals surface area contributed by atoms with Crippen LogP contribution >= 0.6 is 22.9 Å². The molecule has 1 aliphatic carbocycles. The van der Waals surface area contributed by atoms with Gasteiger partial charge in [0.15, 0.2) is 0 Å². The molecule has 31 heavy (non-hydrogen) atoms. The largest absolute Gasteiger partial charge is 0.351 e. The third-order valence-electron chi connectivity index (χ3n) is 6.65. The van der Waals surface area contributed by atoms with Crippen molar-refractivity contribution in [1.29, 1.82) is 0 Å². The van der Waals surface area contributed by atoms with Gasteiger partial charge in [-0.3, -0.25) is 14.5 Å². The zero-order valence-corrected chi connectivity index (χ0v) is 19.1. The fourth-order valence-electron chi connectivity index (χ4n) is 5.00. The number of anilines is 1. The molecule has 0 saturated heterocycles. The number of rotatable bonds is 3. The molecule has 0 spiro atoms. The molecule has 1 fully saturated rings. The van der Waals surface area contributed by atoms with E-state index in [0.29, 0.717) is 22.9 Å². The molecule has 3 aromatic rings. The number of halogens is 1. The average Bonchev–Trinajstić information content (AvgIpc) is 3.23. The van der Waals surface area contributed by atoms with Gasteiger partial charge in [-0.2, -0.15) is 0 Å². The Kier molecular flexibility index (Phi) is 5.30. The lowest BCUT2D eigenvalue weighted by molar-refractivity contribution is -0.127. The van der Waals surface area contributed by atoms with Gasteiger partial charge in [0, 0.05) is 16.8 Å². The van der Waals surface area contributed by atoms with Gasteiger partial charge in [-0.25, -0.2) is 0 Å². The Morgan fingerprint density at radius 3 is 2.68 bits per heavy atom. The second kappa shape index (κ2) is 7.99. The standard InChI is InChI=1S/C24H26ClN3O2S/c1-24(23(30)26-17-8-4-2-3-5-9-17)15-27-19-11-12-31-21(19)14-20(27)22(29)28(24)18-10-6-7-16(25)13-18/h6-7,10-14,17H,2-5,8-9,15H2,1H3,(H,26,30)/t24-/m0/s1. The van der Waals surface area contributed by atoms with Crippen LogP contribution in [0.1, 0.15) is 55.9 Å². The van der Waals surface area contributed by atoms with Crippen molar-refractivity contribution < 1.29 is 9.59 Å². The second-order valence-corrected chi connectivity index (χ2v) is 10.2. The number of benzene rings is 1. The molecule has 2 aromatic heterocycles. The maximum absolute atomic E-state index is 13.8. The number of aromatic nitrogens is 1. The molecule has 1 saturated carbocycles. The van der Waals surface area contributed by atoms with E-state index < -0.39 is 5.54 Å². The first kappa shape index (κ1) is 20.6. The van der Waals surface area contributed by atoms with Gasteiger partial charge < -0.3 is 9.88 Å². The Bertz CT molecular complexity index is 1140. The summed E-state index contributed by atoms with van der Waals surface area (Å²) < 4.78 is 3.06. The molecule has 5 nitrogen and oxygen atoms in total. The predicted octanol–water partition coefficient (Wildman–Crippen LogP) is 5.61. The summed E-state index contributed by atoms with van der Waals surface area (Å²) in [5.74, 6) is -0.272. The van der Waals surface area contributed by atoms with Crippen LogP contribution in [0.25, 0.3) is 10.2 Å². The van der Waals surface area contributed by atoms with E-state index in [1.165, 1.54) is 12.8 Å². The normalized spacial score (nSPS) is 22.4. The minimum absolute atomic E-state index is 0.101. The number of carbonyl (C=O) groups excluding carboxylic acids is 2. The minimum atomic E-state index is -1.06. The first-order valence-electron chi connectivity index (χ1n) is 11.0. The minimum Gasteiger partial charge on any atom is -0.351 e. The Morgan fingerprint density at radius 1 is 1.16 bits per heavy atom. The molecule has 1 atom stereocenters. The van der Waals surface area contributed by atoms with Crippen molar-refractivity contribution in [2.24, 2.45) is 0 Å². The number of hydrogen-bond donors (Lipinski definition) is 1. The van der Waals surface area contributed by atoms with Gasteiger partial charge >= 0.3 is 0 Å². The van der Waals surface area contributed by atoms with E-state index in [4.69, 9.17) is 11.6 Å². The molecule has 1 aliphatic heterocycles. The van der Waals surface area contributed by atoms with E-state index in [9.17, 15) is 9.59 Å². The maximum atomic E-state index is 13.8. The smallest absolute Gasteiger partial charge is 0.275 e. The highest BCUT2D eigenvalue weighted by molar-refractivity contribution is 7.17. The zero-order chi connectivity index (χ0) is 21.6. The van der Waals surface area contributed by atoms with Crippen molar-refractivity contribution in [3.8, 4) is 0 Å². The molecule has 162 valence electrons. The fraction of sp³-hybridized carbons (Fsp3) is 0.417. The summed E-state index contributed by atoms with van der Waals surface area (Å²) in [7, 11) is 0. The molecule has 7 heteroatoms. The van der Waals surface area contributed by atoms with Crippen LogP contribution in [0.2, 0.25) is 5.02 Å². The Hall–Kier alpha value is -2.31. The molecule has 2 amide bonds. The summed E-state index contributed by atoms with van der Waals surface area (Å²) in [5, 5.41) is 5.86. The molecule has 1 aromatic carbocycles. The Balaban J connectivity index is 1.58. The summed E-state index contributed by atoms with van der Waals surface area (Å²) in [6.45, 7) is 2.28. The lowest BCUT2D eigenvalue weighted by Gasteiger charge is -2.44. The highest BCUT2D eigenvalue weighted by Gasteiger charge is 2.49. The number of hydrogen-bond acceptors (Lipinski definition) is 3. The van der Waals surface area contributed by atoms with Crippen molar-refractivity contribution >= 4 is 50.7 Å². The van der Waals surface area contributed by atoms with Crippen molar-refractivity contribution in [2.45, 2.75) is 63.6 Å². The number of nitrogens with one attached hydrogen (secondary N) is 1. The highest BCUT2D eigenvalue weighted by Crippen LogP contribution is 2.38. The SMILES string of the molecule is C[C@@]1(C(=O)NC2CCCCCC2)Cn2c(cc3sccc32)C(=O)N1c1cccc(Cl)c1. The van der Waals surface area contributed by atoms with E-state index in [1.54, 1.807) is 28.4 Å². The number of carbonyl (C=O) groups is 2. The number of thiophene rings is 1. The van der Waals surface area contributed by atoms with Crippen LogP contribution in [-0.2, 0) is 11.3 Å². The molecule has 5 rings (SSSR count). The van der Waals surface area contributed by atoms with Crippen LogP contribution in [0.4, 0.5) is 5.69 Å².